The summed E-state index contributed by atoms with van der Waals surface area (Å²) in [6, 6.07) is 11.6. The summed E-state index contributed by atoms with van der Waals surface area (Å²) in [5.41, 5.74) is 4.60. The molecule has 25 heavy (non-hydrogen) atoms. The molecule has 1 aliphatic rings. The molecule has 6 heteroatoms. The van der Waals surface area contributed by atoms with E-state index in [4.69, 9.17) is 9.26 Å². The van der Waals surface area contributed by atoms with Gasteiger partial charge in [-0.2, -0.15) is 0 Å². The lowest BCUT2D eigenvalue weighted by atomic mass is 10.0. The third kappa shape index (κ3) is 2.82. The van der Waals surface area contributed by atoms with Crippen LogP contribution in [0.25, 0.3) is 11.3 Å². The first-order valence-electron chi connectivity index (χ1n) is 7.83. The summed E-state index contributed by atoms with van der Waals surface area (Å²) >= 11 is 3.46. The highest BCUT2D eigenvalue weighted by Gasteiger charge is 2.29. The molecule has 5 nitrogen and oxygen atoms in total. The van der Waals surface area contributed by atoms with Crippen molar-refractivity contribution < 1.29 is 14.1 Å². The van der Waals surface area contributed by atoms with Crippen molar-refractivity contribution in [2.24, 2.45) is 0 Å². The molecule has 126 valence electrons. The quantitative estimate of drug-likeness (QED) is 0.668. The number of nitrogens with zero attached hydrogens (tertiary/aromatic N) is 1. The predicted octanol–water partition coefficient (Wildman–Crippen LogP) is 4.87. The number of halogens is 1. The van der Waals surface area contributed by atoms with Gasteiger partial charge in [-0.25, -0.2) is 0 Å². The fraction of sp³-hybridized carbons (Fsp3) is 0.158. The number of carbonyl (C=O) groups excluding carboxylic acids is 1. The topological polar surface area (TPSA) is 64.4 Å². The number of benzene rings is 2. The summed E-state index contributed by atoms with van der Waals surface area (Å²) in [7, 11) is 0. The molecule has 0 saturated heterocycles. The van der Waals surface area contributed by atoms with Crippen molar-refractivity contribution in [2.45, 2.75) is 20.5 Å². The van der Waals surface area contributed by atoms with Crippen LogP contribution in [0.4, 0.5) is 5.69 Å². The van der Waals surface area contributed by atoms with Crippen molar-refractivity contribution in [3.8, 4) is 17.1 Å². The maximum absolute atomic E-state index is 12.7. The lowest BCUT2D eigenvalue weighted by Gasteiger charge is -2.16. The molecule has 0 saturated carbocycles. The van der Waals surface area contributed by atoms with Gasteiger partial charge in [-0.05, 0) is 59.6 Å². The minimum atomic E-state index is -0.325. The average molecular weight is 399 g/mol. The molecule has 3 aromatic rings. The van der Waals surface area contributed by atoms with Gasteiger partial charge in [0.2, 0.25) is 0 Å². The van der Waals surface area contributed by atoms with Crippen LogP contribution in [0.1, 0.15) is 27.2 Å². The largest absolute Gasteiger partial charge is 0.488 e. The molecule has 0 spiro atoms. The molecular formula is C19H15BrN2O3. The first-order valence-corrected chi connectivity index (χ1v) is 8.62. The summed E-state index contributed by atoms with van der Waals surface area (Å²) < 4.78 is 12.0. The Hall–Kier alpha value is -2.60. The van der Waals surface area contributed by atoms with E-state index in [1.807, 2.05) is 50.2 Å². The van der Waals surface area contributed by atoms with E-state index in [-0.39, 0.29) is 18.2 Å². The maximum Gasteiger partial charge on any atom is 0.278 e. The third-order valence-electron chi connectivity index (χ3n) is 4.13. The van der Waals surface area contributed by atoms with E-state index in [2.05, 4.69) is 26.4 Å². The fourth-order valence-corrected chi connectivity index (χ4v) is 3.43. The number of hydrogen-bond acceptors (Lipinski definition) is 4. The monoisotopic (exact) mass is 398 g/mol. The second-order valence-corrected chi connectivity index (χ2v) is 6.92. The number of ether oxygens (including phenoxy) is 1. The second-order valence-electron chi connectivity index (χ2n) is 6.06. The number of anilines is 1. The molecule has 0 atom stereocenters. The molecule has 1 aromatic heterocycles. The van der Waals surface area contributed by atoms with E-state index < -0.39 is 0 Å². The van der Waals surface area contributed by atoms with Crippen LogP contribution < -0.4 is 10.1 Å². The van der Waals surface area contributed by atoms with Gasteiger partial charge in [-0.15, -0.1) is 0 Å². The number of nitrogens with one attached hydrogen (secondary N) is 1. The van der Waals surface area contributed by atoms with Crippen LogP contribution in [0, 0.1) is 13.8 Å². The Morgan fingerprint density at radius 3 is 2.72 bits per heavy atom. The Balaban J connectivity index is 1.68. The van der Waals surface area contributed by atoms with E-state index in [0.29, 0.717) is 17.0 Å². The van der Waals surface area contributed by atoms with Crippen molar-refractivity contribution in [3.63, 3.8) is 0 Å². The molecule has 1 amide bonds. The molecule has 0 radical (unpaired) electrons. The Bertz CT molecular complexity index is 994. The van der Waals surface area contributed by atoms with Crippen molar-refractivity contribution in [1.82, 2.24) is 5.16 Å². The first-order chi connectivity index (χ1) is 12.0. The van der Waals surface area contributed by atoms with Gasteiger partial charge >= 0.3 is 0 Å². The van der Waals surface area contributed by atoms with Gasteiger partial charge < -0.3 is 14.6 Å². The van der Waals surface area contributed by atoms with Gasteiger partial charge in [0.15, 0.2) is 11.5 Å². The van der Waals surface area contributed by atoms with Crippen molar-refractivity contribution in [2.75, 3.05) is 5.32 Å². The number of aryl methyl sites for hydroxylation is 2. The van der Waals surface area contributed by atoms with Gasteiger partial charge in [-0.3, -0.25) is 4.79 Å². The summed E-state index contributed by atoms with van der Waals surface area (Å²) in [6.45, 7) is 4.24. The smallest absolute Gasteiger partial charge is 0.278 e. The minimum Gasteiger partial charge on any atom is -0.488 e. The predicted molar refractivity (Wildman–Crippen MR) is 97.8 cm³/mol. The van der Waals surface area contributed by atoms with Crippen LogP contribution >= 0.6 is 15.9 Å². The third-order valence-corrected chi connectivity index (χ3v) is 4.78. The molecule has 0 unspecified atom stereocenters. The van der Waals surface area contributed by atoms with Crippen LogP contribution in [0.2, 0.25) is 0 Å². The molecule has 0 bridgehead atoms. The zero-order valence-corrected chi connectivity index (χ0v) is 15.3. The Labute approximate surface area is 153 Å². The SMILES string of the molecule is Cc1ccc(NC(=O)c2noc3c2COc2ccc(C)cc2-3)c(Br)c1. The van der Waals surface area contributed by atoms with Crippen molar-refractivity contribution in [3.05, 3.63) is 63.3 Å². The number of hydrogen-bond donors (Lipinski definition) is 1. The number of fused-ring (bicyclic) bond motifs is 3. The second kappa shape index (κ2) is 6.04. The zero-order chi connectivity index (χ0) is 17.6. The number of aromatic nitrogens is 1. The molecular weight excluding hydrogens is 384 g/mol. The van der Waals surface area contributed by atoms with E-state index >= 15 is 0 Å². The molecule has 2 heterocycles. The number of rotatable bonds is 2. The lowest BCUT2D eigenvalue weighted by molar-refractivity contribution is 0.101. The van der Waals surface area contributed by atoms with E-state index in [0.717, 1.165) is 26.9 Å². The van der Waals surface area contributed by atoms with Crippen LogP contribution in [0.15, 0.2) is 45.4 Å². The summed E-state index contributed by atoms with van der Waals surface area (Å²) in [5, 5.41) is 6.85. The van der Waals surface area contributed by atoms with Gasteiger partial charge in [0.25, 0.3) is 5.91 Å². The average Bonchev–Trinajstić information content (AvgIpc) is 3.02. The fourth-order valence-electron chi connectivity index (χ4n) is 2.83. The standard InChI is InChI=1S/C19H15BrN2O3/c1-10-4-6-16-12(7-10)18-13(9-24-16)17(22-25-18)19(23)21-15-5-3-11(2)8-14(15)20/h3-8H,9H2,1-2H3,(H,21,23). The Kier molecular flexibility index (Phi) is 3.84. The molecule has 0 fully saturated rings. The van der Waals surface area contributed by atoms with Gasteiger partial charge in [-0.1, -0.05) is 22.9 Å². The summed E-state index contributed by atoms with van der Waals surface area (Å²) in [4.78, 5) is 12.7. The normalized spacial score (nSPS) is 12.1. The van der Waals surface area contributed by atoms with Crippen LogP contribution in [-0.2, 0) is 6.61 Å². The summed E-state index contributed by atoms with van der Waals surface area (Å²) in [6.07, 6.45) is 0. The molecule has 1 N–H and O–H groups in total. The Morgan fingerprint density at radius 2 is 1.92 bits per heavy atom. The molecule has 4 rings (SSSR count). The van der Waals surface area contributed by atoms with Crippen LogP contribution in [-0.4, -0.2) is 11.1 Å². The number of carbonyl (C=O) groups is 1. The first kappa shape index (κ1) is 15.9. The Morgan fingerprint density at radius 1 is 1.16 bits per heavy atom. The van der Waals surface area contributed by atoms with E-state index in [1.165, 1.54) is 0 Å². The van der Waals surface area contributed by atoms with Gasteiger partial charge in [0.1, 0.15) is 12.4 Å². The minimum absolute atomic E-state index is 0.245. The van der Waals surface area contributed by atoms with E-state index in [1.54, 1.807) is 0 Å². The maximum atomic E-state index is 12.7. The number of amides is 1. The highest BCUT2D eigenvalue weighted by Crippen LogP contribution is 2.39. The van der Waals surface area contributed by atoms with Gasteiger partial charge in [0.05, 0.1) is 16.8 Å². The van der Waals surface area contributed by atoms with Crippen LogP contribution in [0.5, 0.6) is 5.75 Å². The van der Waals surface area contributed by atoms with Crippen molar-refractivity contribution in [1.29, 1.82) is 0 Å². The zero-order valence-electron chi connectivity index (χ0n) is 13.7. The lowest BCUT2D eigenvalue weighted by Crippen LogP contribution is -2.16. The van der Waals surface area contributed by atoms with E-state index in [9.17, 15) is 4.79 Å². The van der Waals surface area contributed by atoms with Gasteiger partial charge in [0, 0.05) is 4.47 Å². The highest BCUT2D eigenvalue weighted by atomic mass is 79.9. The molecule has 1 aliphatic heterocycles. The summed E-state index contributed by atoms with van der Waals surface area (Å²) in [5.74, 6) is 1.01. The highest BCUT2D eigenvalue weighted by molar-refractivity contribution is 9.10. The molecule has 0 aliphatic carbocycles. The molecule has 2 aromatic carbocycles. The van der Waals surface area contributed by atoms with Crippen molar-refractivity contribution >= 4 is 27.5 Å². The van der Waals surface area contributed by atoms with Crippen LogP contribution in [0.3, 0.4) is 0 Å².